The van der Waals surface area contributed by atoms with Gasteiger partial charge in [-0.3, -0.25) is 9.59 Å². The first-order valence-corrected chi connectivity index (χ1v) is 14.4. The van der Waals surface area contributed by atoms with E-state index in [-0.39, 0.29) is 23.9 Å². The average molecular weight is 591 g/mol. The second-order valence-electron chi connectivity index (χ2n) is 9.72. The maximum absolute atomic E-state index is 13.2. The van der Waals surface area contributed by atoms with Gasteiger partial charge in [-0.1, -0.05) is 35.9 Å². The molecular formula is C27H22ClF3N4O2S2. The van der Waals surface area contributed by atoms with Gasteiger partial charge in [-0.25, -0.2) is 4.98 Å². The number of aromatic nitrogens is 1. The third-order valence-electron chi connectivity index (χ3n) is 7.14. The van der Waals surface area contributed by atoms with Crippen LogP contribution in [0.2, 0.25) is 5.02 Å². The number of nitrogens with one attached hydrogen (secondary N) is 1. The highest BCUT2D eigenvalue weighted by atomic mass is 35.5. The van der Waals surface area contributed by atoms with Crippen molar-refractivity contribution < 1.29 is 22.8 Å². The number of likely N-dealkylation sites (tertiary alicyclic amines) is 2. The highest BCUT2D eigenvalue weighted by molar-refractivity contribution is 7.21. The molecule has 2 aromatic heterocycles. The Balaban J connectivity index is 1.08. The number of carbonyl (C=O) groups is 2. The summed E-state index contributed by atoms with van der Waals surface area (Å²) in [4.78, 5) is 33.8. The van der Waals surface area contributed by atoms with Crippen LogP contribution in [-0.2, 0) is 6.18 Å². The number of thiophene rings is 1. The number of hydrogen-bond donors (Lipinski definition) is 1. The molecule has 0 spiro atoms. The lowest BCUT2D eigenvalue weighted by Gasteiger charge is -2.41. The Kier molecular flexibility index (Phi) is 6.86. The highest BCUT2D eigenvalue weighted by Crippen LogP contribution is 2.39. The minimum absolute atomic E-state index is 0.0492. The van der Waals surface area contributed by atoms with Crippen LogP contribution < -0.4 is 5.32 Å². The fraction of sp³-hybridized carbons (Fsp3) is 0.296. The zero-order valence-corrected chi connectivity index (χ0v) is 22.8. The van der Waals surface area contributed by atoms with Gasteiger partial charge in [-0.2, -0.15) is 13.2 Å². The number of thiazole rings is 1. The molecule has 0 radical (unpaired) electrons. The maximum Gasteiger partial charge on any atom is 0.416 e. The molecule has 4 heterocycles. The minimum Gasteiger partial charge on any atom is -0.336 e. The Hall–Kier alpha value is -2.99. The maximum atomic E-state index is 13.2. The van der Waals surface area contributed by atoms with E-state index in [0.717, 1.165) is 34.2 Å². The van der Waals surface area contributed by atoms with Crippen molar-refractivity contribution in [1.82, 2.24) is 20.1 Å². The van der Waals surface area contributed by atoms with E-state index in [9.17, 15) is 22.8 Å². The van der Waals surface area contributed by atoms with Crippen molar-refractivity contribution in [1.29, 1.82) is 0 Å². The zero-order chi connectivity index (χ0) is 27.3. The summed E-state index contributed by atoms with van der Waals surface area (Å²) in [6.45, 7) is 2.40. The third-order valence-corrected chi connectivity index (χ3v) is 9.37. The minimum atomic E-state index is -4.39. The van der Waals surface area contributed by atoms with E-state index < -0.39 is 11.7 Å². The van der Waals surface area contributed by atoms with Crippen LogP contribution in [0, 0.1) is 0 Å². The van der Waals surface area contributed by atoms with Crippen molar-refractivity contribution in [2.45, 2.75) is 24.7 Å². The summed E-state index contributed by atoms with van der Waals surface area (Å²) >= 11 is 9.28. The molecule has 6 rings (SSSR count). The van der Waals surface area contributed by atoms with Crippen LogP contribution in [0.1, 0.15) is 32.1 Å². The summed E-state index contributed by atoms with van der Waals surface area (Å²) in [5.74, 6) is -0.186. The van der Waals surface area contributed by atoms with E-state index in [2.05, 4.69) is 10.3 Å². The largest absolute Gasteiger partial charge is 0.416 e. The molecule has 2 fully saturated rings. The molecule has 12 heteroatoms. The monoisotopic (exact) mass is 590 g/mol. The van der Waals surface area contributed by atoms with Gasteiger partial charge in [-0.05, 0) is 35.7 Å². The van der Waals surface area contributed by atoms with Gasteiger partial charge >= 0.3 is 6.18 Å². The first kappa shape index (κ1) is 26.2. The third kappa shape index (κ3) is 5.16. The van der Waals surface area contributed by atoms with Gasteiger partial charge in [0, 0.05) is 53.7 Å². The van der Waals surface area contributed by atoms with Gasteiger partial charge < -0.3 is 15.1 Å². The van der Waals surface area contributed by atoms with Gasteiger partial charge in [0.2, 0.25) is 0 Å². The van der Waals surface area contributed by atoms with Crippen LogP contribution in [-0.4, -0.2) is 64.9 Å². The van der Waals surface area contributed by atoms with Gasteiger partial charge in [0.05, 0.1) is 16.1 Å². The number of rotatable bonds is 5. The van der Waals surface area contributed by atoms with Gasteiger partial charge in [0.25, 0.3) is 11.8 Å². The van der Waals surface area contributed by atoms with Crippen LogP contribution in [0.15, 0.2) is 53.4 Å². The second kappa shape index (κ2) is 10.2. The first-order chi connectivity index (χ1) is 18.7. The lowest BCUT2D eigenvalue weighted by atomic mass is 10.0. The molecule has 0 saturated carbocycles. The lowest BCUT2D eigenvalue weighted by molar-refractivity contribution is -0.137. The van der Waals surface area contributed by atoms with Crippen LogP contribution in [0.5, 0.6) is 0 Å². The molecule has 4 aromatic rings. The lowest BCUT2D eigenvalue weighted by Crippen LogP contribution is -2.62. The summed E-state index contributed by atoms with van der Waals surface area (Å²) < 4.78 is 39.5. The van der Waals surface area contributed by atoms with Crippen molar-refractivity contribution in [3.05, 3.63) is 74.5 Å². The molecule has 202 valence electrons. The molecule has 39 heavy (non-hydrogen) atoms. The standard InChI is InChI=1S/C27H22ClF3N4O2S2/c28-23-20-6-3-16(15-1-4-17(5-2-15)27(29,30)31)9-22(20)39-24(23)26(37)35-11-19(12-35)33-18-7-8-34(10-18)25(36)21-13-38-14-32-21/h1-6,9,13-14,18-19,33H,7-8,10-12H2. The molecule has 1 unspecified atom stereocenters. The van der Waals surface area contributed by atoms with E-state index in [1.165, 1.54) is 34.8 Å². The number of fused-ring (bicyclic) bond motifs is 1. The summed E-state index contributed by atoms with van der Waals surface area (Å²) in [6, 6.07) is 10.8. The number of halogens is 4. The normalized spacial score (nSPS) is 18.1. The van der Waals surface area contributed by atoms with E-state index in [1.54, 1.807) is 27.9 Å². The Morgan fingerprint density at radius 3 is 2.38 bits per heavy atom. The van der Waals surface area contributed by atoms with E-state index in [0.29, 0.717) is 47.3 Å². The molecule has 2 aliphatic heterocycles. The number of benzene rings is 2. The first-order valence-electron chi connectivity index (χ1n) is 12.3. The van der Waals surface area contributed by atoms with Crippen LogP contribution >= 0.6 is 34.3 Å². The smallest absolute Gasteiger partial charge is 0.336 e. The van der Waals surface area contributed by atoms with Crippen LogP contribution in [0.3, 0.4) is 0 Å². The average Bonchev–Trinajstić information content (AvgIpc) is 3.66. The predicted octanol–water partition coefficient (Wildman–Crippen LogP) is 6.03. The molecular weight excluding hydrogens is 569 g/mol. The quantitative estimate of drug-likeness (QED) is 0.308. The molecule has 2 aliphatic rings. The Labute approximate surface area is 235 Å². The molecule has 2 amide bonds. The van der Waals surface area contributed by atoms with Crippen molar-refractivity contribution >= 4 is 56.2 Å². The molecule has 0 bridgehead atoms. The van der Waals surface area contributed by atoms with Crippen molar-refractivity contribution in [3.8, 4) is 11.1 Å². The summed E-state index contributed by atoms with van der Waals surface area (Å²) in [5, 5.41) is 6.45. The van der Waals surface area contributed by atoms with E-state index in [4.69, 9.17) is 11.6 Å². The summed E-state index contributed by atoms with van der Waals surface area (Å²) in [7, 11) is 0. The Morgan fingerprint density at radius 1 is 0.974 bits per heavy atom. The zero-order valence-electron chi connectivity index (χ0n) is 20.4. The molecule has 6 nitrogen and oxygen atoms in total. The number of amides is 2. The second-order valence-corrected chi connectivity index (χ2v) is 11.9. The molecule has 2 saturated heterocycles. The summed E-state index contributed by atoms with van der Waals surface area (Å²) in [6.07, 6.45) is -3.54. The fourth-order valence-corrected chi connectivity index (χ4v) is 7.07. The van der Waals surface area contributed by atoms with Gasteiger partial charge in [0.1, 0.15) is 10.6 Å². The number of nitrogens with zero attached hydrogens (tertiary/aromatic N) is 3. The van der Waals surface area contributed by atoms with Crippen LogP contribution in [0.25, 0.3) is 21.2 Å². The van der Waals surface area contributed by atoms with Gasteiger partial charge in [-0.15, -0.1) is 22.7 Å². The highest BCUT2D eigenvalue weighted by Gasteiger charge is 2.36. The predicted molar refractivity (Wildman–Crippen MR) is 147 cm³/mol. The van der Waals surface area contributed by atoms with Crippen molar-refractivity contribution in [2.75, 3.05) is 26.2 Å². The molecule has 1 N–H and O–H groups in total. The molecule has 2 aromatic carbocycles. The van der Waals surface area contributed by atoms with E-state index in [1.807, 2.05) is 11.0 Å². The van der Waals surface area contributed by atoms with Crippen molar-refractivity contribution in [2.24, 2.45) is 0 Å². The molecule has 0 aliphatic carbocycles. The van der Waals surface area contributed by atoms with E-state index >= 15 is 0 Å². The number of carbonyl (C=O) groups excluding carboxylic acids is 2. The number of alkyl halides is 3. The Bertz CT molecular complexity index is 1530. The van der Waals surface area contributed by atoms with Crippen LogP contribution in [0.4, 0.5) is 13.2 Å². The topological polar surface area (TPSA) is 65.5 Å². The molecule has 1 atom stereocenters. The van der Waals surface area contributed by atoms with Gasteiger partial charge in [0.15, 0.2) is 0 Å². The Morgan fingerprint density at radius 2 is 1.69 bits per heavy atom. The number of hydrogen-bond acceptors (Lipinski definition) is 6. The fourth-order valence-electron chi connectivity index (χ4n) is 5.02. The summed E-state index contributed by atoms with van der Waals surface area (Å²) in [5.41, 5.74) is 2.84. The van der Waals surface area contributed by atoms with Crippen molar-refractivity contribution in [3.63, 3.8) is 0 Å². The SMILES string of the molecule is O=C(c1cscn1)N1CCC(NC2CN(C(=O)c3sc4cc(-c5ccc(C(F)(F)F)cc5)ccc4c3Cl)C2)C1.